The van der Waals surface area contributed by atoms with Gasteiger partial charge in [-0.1, -0.05) is 69.9 Å². The Morgan fingerprint density at radius 1 is 0.973 bits per heavy atom. The first-order valence-electron chi connectivity index (χ1n) is 13.4. The Morgan fingerprint density at radius 3 is 2.16 bits per heavy atom. The third-order valence-electron chi connectivity index (χ3n) is 5.71. The highest BCUT2D eigenvalue weighted by Crippen LogP contribution is 2.24. The lowest BCUT2D eigenvalue weighted by molar-refractivity contribution is -0.142. The summed E-state index contributed by atoms with van der Waals surface area (Å²) >= 11 is 0. The Bertz CT molecular complexity index is 854. The van der Waals surface area contributed by atoms with Gasteiger partial charge in [-0.05, 0) is 45.6 Å². The van der Waals surface area contributed by atoms with Crippen LogP contribution in [0.25, 0.3) is 0 Å². The van der Waals surface area contributed by atoms with E-state index in [0.29, 0.717) is 25.1 Å². The second-order valence-corrected chi connectivity index (χ2v) is 10.3. The molecular weight excluding hydrogens is 472 g/mol. The van der Waals surface area contributed by atoms with Crippen molar-refractivity contribution < 1.29 is 23.9 Å². The van der Waals surface area contributed by atoms with Gasteiger partial charge in [-0.3, -0.25) is 14.4 Å². The Labute approximate surface area is 221 Å². The minimum absolute atomic E-state index is 0.00266. The fraction of sp³-hybridized carbons (Fsp3) is 0.643. The molecule has 0 radical (unpaired) electrons. The first-order chi connectivity index (χ1) is 17.5. The number of amides is 4. The molecule has 37 heavy (non-hydrogen) atoms. The third-order valence-corrected chi connectivity index (χ3v) is 5.71. The summed E-state index contributed by atoms with van der Waals surface area (Å²) in [7, 11) is 0. The molecule has 0 fully saturated rings. The van der Waals surface area contributed by atoms with Crippen molar-refractivity contribution in [3.05, 3.63) is 35.9 Å². The number of hydrogen-bond acceptors (Lipinski definition) is 5. The Kier molecular flexibility index (Phi) is 14.3. The average Bonchev–Trinajstić information content (AvgIpc) is 2.82. The predicted octanol–water partition coefficient (Wildman–Crippen LogP) is 4.21. The molecule has 9 nitrogen and oxygen atoms in total. The van der Waals surface area contributed by atoms with Crippen LogP contribution in [-0.2, 0) is 19.1 Å². The highest BCUT2D eigenvalue weighted by Gasteiger charge is 2.36. The first kappa shape index (κ1) is 31.9. The maximum Gasteiger partial charge on any atom is 0.408 e. The lowest BCUT2D eigenvalue weighted by Crippen LogP contribution is -2.53. The van der Waals surface area contributed by atoms with Crippen molar-refractivity contribution in [2.75, 3.05) is 13.1 Å². The van der Waals surface area contributed by atoms with Crippen LogP contribution in [0.5, 0.6) is 0 Å². The van der Waals surface area contributed by atoms with Gasteiger partial charge in [-0.25, -0.2) is 4.79 Å². The van der Waals surface area contributed by atoms with Crippen molar-refractivity contribution >= 4 is 23.8 Å². The normalized spacial score (nSPS) is 12.8. The van der Waals surface area contributed by atoms with E-state index in [1.54, 1.807) is 20.8 Å². The molecule has 0 aliphatic carbocycles. The van der Waals surface area contributed by atoms with E-state index >= 15 is 0 Å². The largest absolute Gasteiger partial charge is 0.444 e. The molecule has 1 rings (SSSR count). The van der Waals surface area contributed by atoms with E-state index in [1.807, 2.05) is 30.3 Å². The maximum absolute atomic E-state index is 14.0. The van der Waals surface area contributed by atoms with Crippen LogP contribution in [-0.4, -0.2) is 53.4 Å². The van der Waals surface area contributed by atoms with Gasteiger partial charge >= 0.3 is 6.09 Å². The van der Waals surface area contributed by atoms with Crippen molar-refractivity contribution in [3.8, 4) is 0 Å². The number of benzene rings is 1. The molecule has 0 aliphatic heterocycles. The molecule has 0 bridgehead atoms. The fourth-order valence-electron chi connectivity index (χ4n) is 3.88. The molecule has 2 atom stereocenters. The second kappa shape index (κ2) is 16.6. The molecule has 9 heteroatoms. The Hall–Kier alpha value is -3.10. The minimum atomic E-state index is -1.08. The predicted molar refractivity (Wildman–Crippen MR) is 145 cm³/mol. The van der Waals surface area contributed by atoms with Gasteiger partial charge in [0.15, 0.2) is 0 Å². The zero-order valence-corrected chi connectivity index (χ0v) is 23.2. The number of rotatable bonds is 16. The first-order valence-corrected chi connectivity index (χ1v) is 13.4. The molecule has 4 amide bonds. The van der Waals surface area contributed by atoms with Gasteiger partial charge in [0.25, 0.3) is 0 Å². The van der Waals surface area contributed by atoms with Gasteiger partial charge < -0.3 is 26.0 Å². The Balaban J connectivity index is 3.36. The number of carbonyl (C=O) groups is 4. The summed E-state index contributed by atoms with van der Waals surface area (Å²) in [6.07, 6.45) is 4.47. The van der Waals surface area contributed by atoms with E-state index in [1.165, 1.54) is 4.90 Å². The van der Waals surface area contributed by atoms with Crippen LogP contribution in [0.2, 0.25) is 0 Å². The zero-order chi connectivity index (χ0) is 27.8. The van der Waals surface area contributed by atoms with E-state index in [2.05, 4.69) is 24.5 Å². The number of ether oxygens (including phenoxy) is 1. The quantitative estimate of drug-likeness (QED) is 0.282. The van der Waals surface area contributed by atoms with Crippen LogP contribution in [0.15, 0.2) is 30.3 Å². The van der Waals surface area contributed by atoms with Gasteiger partial charge in [0.05, 0.1) is 0 Å². The van der Waals surface area contributed by atoms with Crippen molar-refractivity contribution in [1.29, 1.82) is 0 Å². The van der Waals surface area contributed by atoms with Gasteiger partial charge in [0, 0.05) is 19.5 Å². The van der Waals surface area contributed by atoms with Crippen molar-refractivity contribution in [3.63, 3.8) is 0 Å². The minimum Gasteiger partial charge on any atom is -0.444 e. The topological polar surface area (TPSA) is 131 Å². The number of nitrogens with zero attached hydrogens (tertiary/aromatic N) is 1. The highest BCUT2D eigenvalue weighted by atomic mass is 16.6. The van der Waals surface area contributed by atoms with Gasteiger partial charge in [-0.15, -0.1) is 0 Å². The molecule has 0 aliphatic rings. The molecule has 0 saturated carbocycles. The summed E-state index contributed by atoms with van der Waals surface area (Å²) in [6, 6.07) is 7.16. The lowest BCUT2D eigenvalue weighted by Gasteiger charge is -2.34. The standard InChI is InChI=1S/C28H46N4O5/c1-6-8-13-19-30-25(34)24(21-15-11-10-12-16-21)32(20-14-9-7-2)26(35)22(17-18-23(29)33)31-27(36)37-28(3,4)5/h10-12,15-16,22,24H,6-9,13-14,17-20H2,1-5H3,(H2,29,33)(H,30,34)(H,31,36). The summed E-state index contributed by atoms with van der Waals surface area (Å²) in [4.78, 5) is 53.1. The number of nitrogens with two attached hydrogens (primary N) is 1. The van der Waals surface area contributed by atoms with E-state index < -0.39 is 35.6 Å². The van der Waals surface area contributed by atoms with E-state index in [0.717, 1.165) is 32.1 Å². The van der Waals surface area contributed by atoms with E-state index in [9.17, 15) is 19.2 Å². The summed E-state index contributed by atoms with van der Waals surface area (Å²) < 4.78 is 5.36. The molecule has 2 unspecified atom stereocenters. The molecule has 1 aromatic carbocycles. The van der Waals surface area contributed by atoms with E-state index in [4.69, 9.17) is 10.5 Å². The molecule has 208 valence electrons. The molecule has 0 saturated heterocycles. The zero-order valence-electron chi connectivity index (χ0n) is 23.2. The summed E-state index contributed by atoms with van der Waals surface area (Å²) in [6.45, 7) is 10.1. The van der Waals surface area contributed by atoms with Crippen LogP contribution in [0.1, 0.15) is 97.6 Å². The van der Waals surface area contributed by atoms with Gasteiger partial charge in [0.1, 0.15) is 17.7 Å². The van der Waals surface area contributed by atoms with Crippen LogP contribution >= 0.6 is 0 Å². The van der Waals surface area contributed by atoms with Crippen LogP contribution in [0, 0.1) is 0 Å². The number of carbonyl (C=O) groups excluding carboxylic acids is 4. The third kappa shape index (κ3) is 12.6. The highest BCUT2D eigenvalue weighted by molar-refractivity contribution is 5.92. The number of unbranched alkanes of at least 4 members (excludes halogenated alkanes) is 4. The lowest BCUT2D eigenvalue weighted by atomic mass is 10.0. The average molecular weight is 519 g/mol. The van der Waals surface area contributed by atoms with Crippen LogP contribution in [0.4, 0.5) is 4.79 Å². The Morgan fingerprint density at radius 2 is 1.59 bits per heavy atom. The van der Waals surface area contributed by atoms with Crippen molar-refractivity contribution in [2.24, 2.45) is 5.73 Å². The van der Waals surface area contributed by atoms with Gasteiger partial charge in [-0.2, -0.15) is 0 Å². The molecule has 4 N–H and O–H groups in total. The second-order valence-electron chi connectivity index (χ2n) is 10.3. The molecular formula is C28H46N4O5. The fourth-order valence-corrected chi connectivity index (χ4v) is 3.88. The maximum atomic E-state index is 14.0. The van der Waals surface area contributed by atoms with Crippen molar-refractivity contribution in [2.45, 2.75) is 104 Å². The number of nitrogens with one attached hydrogen (secondary N) is 2. The number of hydrogen-bond donors (Lipinski definition) is 3. The summed E-state index contributed by atoms with van der Waals surface area (Å²) in [5.41, 5.74) is 5.26. The van der Waals surface area contributed by atoms with Crippen LogP contribution < -0.4 is 16.4 Å². The van der Waals surface area contributed by atoms with Crippen LogP contribution in [0.3, 0.4) is 0 Å². The monoisotopic (exact) mass is 518 g/mol. The number of alkyl carbamates (subject to hydrolysis) is 1. The molecule has 0 aromatic heterocycles. The smallest absolute Gasteiger partial charge is 0.408 e. The molecule has 0 spiro atoms. The van der Waals surface area contributed by atoms with E-state index in [-0.39, 0.29) is 18.7 Å². The summed E-state index contributed by atoms with van der Waals surface area (Å²) in [5, 5.41) is 5.60. The molecule has 1 aromatic rings. The number of primary amides is 1. The summed E-state index contributed by atoms with van der Waals surface area (Å²) in [5.74, 6) is -1.33. The van der Waals surface area contributed by atoms with Gasteiger partial charge in [0.2, 0.25) is 17.7 Å². The SMILES string of the molecule is CCCCCNC(=O)C(c1ccccc1)N(CCCCC)C(=O)C(CCC(N)=O)NC(=O)OC(C)(C)C. The molecule has 0 heterocycles. The van der Waals surface area contributed by atoms with Crippen molar-refractivity contribution in [1.82, 2.24) is 15.5 Å².